The summed E-state index contributed by atoms with van der Waals surface area (Å²) in [6, 6.07) is 5.01. The van der Waals surface area contributed by atoms with Crippen LogP contribution < -0.4 is 0 Å². The summed E-state index contributed by atoms with van der Waals surface area (Å²) < 4.78 is 36.4. The van der Waals surface area contributed by atoms with Gasteiger partial charge in [-0.3, -0.25) is 4.79 Å². The highest BCUT2D eigenvalue weighted by Crippen LogP contribution is 2.42. The second kappa shape index (κ2) is 13.2. The zero-order valence-corrected chi connectivity index (χ0v) is 26.0. The lowest BCUT2D eigenvalue weighted by Gasteiger charge is -2.44. The van der Waals surface area contributed by atoms with Gasteiger partial charge in [-0.15, -0.1) is 0 Å². The minimum absolute atomic E-state index is 0.0918. The Balaban J connectivity index is 2.00. The van der Waals surface area contributed by atoms with E-state index in [0.29, 0.717) is 13.0 Å². The van der Waals surface area contributed by atoms with Crippen LogP contribution in [0.3, 0.4) is 0 Å². The molecule has 1 N–H and O–H groups in total. The molecule has 0 spiro atoms. The first kappa shape index (κ1) is 32.4. The Bertz CT molecular complexity index is 907. The number of carbonyl (C=O) groups is 1. The molecule has 222 valence electrons. The fourth-order valence-corrected chi connectivity index (χ4v) is 10.6. The number of ether oxygens (including phenoxy) is 6. The summed E-state index contributed by atoms with van der Waals surface area (Å²) in [4.78, 5) is 14.0. The lowest BCUT2D eigenvalue weighted by molar-refractivity contribution is -0.215. The van der Waals surface area contributed by atoms with Crippen LogP contribution in [0.2, 0.25) is 18.1 Å². The van der Waals surface area contributed by atoms with Crippen LogP contribution in [-0.4, -0.2) is 93.9 Å². The normalized spacial score (nSPS) is 37.2. The number of hydrogen-bond donors (Lipinski definition) is 1. The maximum atomic E-state index is 14.0. The molecule has 3 aliphatic heterocycles. The van der Waals surface area contributed by atoms with E-state index in [4.69, 9.17) is 28.4 Å². The van der Waals surface area contributed by atoms with Gasteiger partial charge in [0, 0.05) is 33.5 Å². The number of ketones is 1. The fraction of sp³-hybridized carbons (Fsp3) is 0.862. The average Bonchev–Trinajstić information content (AvgIpc) is 3.13. The molecule has 3 heterocycles. The number of nitriles is 1. The molecule has 10 heteroatoms. The maximum Gasteiger partial charge on any atom is 0.164 e. The van der Waals surface area contributed by atoms with E-state index in [1.807, 2.05) is 6.08 Å². The Morgan fingerprint density at radius 2 is 1.82 bits per heavy atom. The van der Waals surface area contributed by atoms with Crippen LogP contribution in [0.5, 0.6) is 0 Å². The molecule has 3 rings (SSSR count). The van der Waals surface area contributed by atoms with Crippen LogP contribution in [0, 0.1) is 11.3 Å². The number of rotatable bonds is 11. The Labute approximate surface area is 235 Å². The van der Waals surface area contributed by atoms with Crippen molar-refractivity contribution in [2.24, 2.45) is 0 Å². The summed E-state index contributed by atoms with van der Waals surface area (Å²) in [6.07, 6.45) is -0.412. The van der Waals surface area contributed by atoms with Crippen molar-refractivity contribution in [2.45, 2.75) is 139 Å². The number of methoxy groups -OCH3 is 2. The van der Waals surface area contributed by atoms with Gasteiger partial charge < -0.3 is 33.5 Å². The number of Topliss-reactive ketones (excluding diaryl/α,β-unsaturated/α-hetero) is 1. The summed E-state index contributed by atoms with van der Waals surface area (Å²) in [5.74, 6) is -0.818. The Hall–Kier alpha value is -1.16. The molecule has 0 saturated carbocycles. The molecule has 0 aromatic rings. The standard InChI is InChI=1S/C29H49NO8Si/c1-9-39(10-2,11-3)25-14-19(15-26(32)29(6)27(12-13-30)37-28(4,5)38-29)35-23-17-21(34-8)24(18-33-7)36-22(23)16-20(25)31/h14,19,21-24,26-27,32H,9-12,15-18H2,1-8H3/b25-14+/t19-,21+,22+,23-,24-,26-,27?,29-/m1/s1. The van der Waals surface area contributed by atoms with E-state index in [-0.39, 0.29) is 43.4 Å². The summed E-state index contributed by atoms with van der Waals surface area (Å²) in [7, 11) is 1.18. The van der Waals surface area contributed by atoms with Gasteiger partial charge in [0.15, 0.2) is 11.6 Å². The van der Waals surface area contributed by atoms with E-state index in [1.165, 1.54) is 0 Å². The third-order valence-electron chi connectivity index (χ3n) is 9.19. The van der Waals surface area contributed by atoms with Crippen LogP contribution in [0.25, 0.3) is 0 Å². The third kappa shape index (κ3) is 6.84. The van der Waals surface area contributed by atoms with Gasteiger partial charge in [0.2, 0.25) is 0 Å². The number of carbonyl (C=O) groups excluding carboxylic acids is 1. The molecule has 2 fully saturated rings. The number of allylic oxidation sites excluding steroid dienone is 1. The third-order valence-corrected chi connectivity index (χ3v) is 14.8. The summed E-state index contributed by atoms with van der Waals surface area (Å²) in [5, 5.41) is 21.9. The number of nitrogens with zero attached hydrogens (tertiary/aromatic N) is 1. The topological polar surface area (TPSA) is 116 Å². The second-order valence-electron chi connectivity index (χ2n) is 11.8. The zero-order valence-electron chi connectivity index (χ0n) is 25.0. The van der Waals surface area contributed by atoms with Crippen molar-refractivity contribution >= 4 is 13.9 Å². The van der Waals surface area contributed by atoms with E-state index in [1.54, 1.807) is 35.0 Å². The smallest absolute Gasteiger partial charge is 0.164 e. The Morgan fingerprint density at radius 3 is 2.38 bits per heavy atom. The Kier molecular flexibility index (Phi) is 11.0. The van der Waals surface area contributed by atoms with Crippen molar-refractivity contribution in [3.8, 4) is 6.07 Å². The van der Waals surface area contributed by atoms with Crippen LogP contribution in [0.4, 0.5) is 0 Å². The first-order valence-electron chi connectivity index (χ1n) is 14.4. The van der Waals surface area contributed by atoms with Crippen LogP contribution in [-0.2, 0) is 33.2 Å². The van der Waals surface area contributed by atoms with Crippen molar-refractivity contribution < 1.29 is 38.3 Å². The minimum atomic E-state index is -2.09. The molecule has 39 heavy (non-hydrogen) atoms. The quantitative estimate of drug-likeness (QED) is 0.369. The largest absolute Gasteiger partial charge is 0.390 e. The van der Waals surface area contributed by atoms with Crippen LogP contribution in [0.1, 0.15) is 67.2 Å². The molecule has 0 aliphatic carbocycles. The molecule has 0 bridgehead atoms. The molecule has 3 aliphatic rings. The highest BCUT2D eigenvalue weighted by molar-refractivity contribution is 6.90. The molecule has 9 nitrogen and oxygen atoms in total. The molecular formula is C29H49NO8Si. The molecule has 0 radical (unpaired) electrons. The van der Waals surface area contributed by atoms with Gasteiger partial charge in [0.25, 0.3) is 0 Å². The van der Waals surface area contributed by atoms with Gasteiger partial charge in [-0.1, -0.05) is 45.0 Å². The number of aliphatic hydroxyl groups excluding tert-OH is 1. The fourth-order valence-electron chi connectivity index (χ4n) is 6.71. The monoisotopic (exact) mass is 567 g/mol. The van der Waals surface area contributed by atoms with E-state index in [0.717, 1.165) is 23.3 Å². The van der Waals surface area contributed by atoms with Crippen molar-refractivity contribution in [1.82, 2.24) is 0 Å². The van der Waals surface area contributed by atoms with Crippen LogP contribution >= 0.6 is 0 Å². The first-order chi connectivity index (χ1) is 18.4. The SMILES string of the molecule is CC[Si](CC)(CC)/C1=C/[C@H](C[C@@H](O)[C@@]2(C)OC(C)(C)OC2CC#N)O[C@@H]2C[C@H](OC)[C@@H](COC)O[C@H]2CC1=O. The van der Waals surface area contributed by atoms with Crippen molar-refractivity contribution in [2.75, 3.05) is 20.8 Å². The summed E-state index contributed by atoms with van der Waals surface area (Å²) in [5.41, 5.74) is -1.11. The minimum Gasteiger partial charge on any atom is -0.390 e. The van der Waals surface area contributed by atoms with E-state index in [2.05, 4.69) is 26.8 Å². The van der Waals surface area contributed by atoms with Gasteiger partial charge in [-0.05, 0) is 26.0 Å². The van der Waals surface area contributed by atoms with Crippen molar-refractivity contribution in [3.05, 3.63) is 11.3 Å². The van der Waals surface area contributed by atoms with Crippen molar-refractivity contribution in [1.29, 1.82) is 5.26 Å². The van der Waals surface area contributed by atoms with Crippen LogP contribution in [0.15, 0.2) is 11.3 Å². The Morgan fingerprint density at radius 1 is 1.15 bits per heavy atom. The highest BCUT2D eigenvalue weighted by atomic mass is 28.3. The molecule has 2 saturated heterocycles. The predicted molar refractivity (Wildman–Crippen MR) is 149 cm³/mol. The molecular weight excluding hydrogens is 518 g/mol. The number of aliphatic hydroxyl groups is 1. The highest BCUT2D eigenvalue weighted by Gasteiger charge is 2.55. The number of fused-ring (bicyclic) bond motifs is 1. The van der Waals surface area contributed by atoms with E-state index >= 15 is 0 Å². The lowest BCUT2D eigenvalue weighted by Crippen LogP contribution is -2.54. The molecule has 0 amide bonds. The van der Waals surface area contributed by atoms with Gasteiger partial charge in [0.05, 0.1) is 57.7 Å². The lowest BCUT2D eigenvalue weighted by atomic mass is 9.86. The van der Waals surface area contributed by atoms with Gasteiger partial charge in [0.1, 0.15) is 17.8 Å². The molecule has 1 unspecified atom stereocenters. The molecule has 0 aromatic heterocycles. The average molecular weight is 568 g/mol. The molecule has 0 aromatic carbocycles. The van der Waals surface area contributed by atoms with Gasteiger partial charge in [-0.2, -0.15) is 5.26 Å². The van der Waals surface area contributed by atoms with E-state index < -0.39 is 43.9 Å². The first-order valence-corrected chi connectivity index (χ1v) is 17.1. The molecule has 8 atom stereocenters. The van der Waals surface area contributed by atoms with Gasteiger partial charge in [-0.25, -0.2) is 0 Å². The second-order valence-corrected chi connectivity index (χ2v) is 17.1. The van der Waals surface area contributed by atoms with E-state index in [9.17, 15) is 15.2 Å². The maximum absolute atomic E-state index is 14.0. The zero-order chi connectivity index (χ0) is 29.0. The summed E-state index contributed by atoms with van der Waals surface area (Å²) >= 11 is 0. The number of hydrogen-bond acceptors (Lipinski definition) is 9. The van der Waals surface area contributed by atoms with Crippen molar-refractivity contribution in [3.63, 3.8) is 0 Å². The van der Waals surface area contributed by atoms with Gasteiger partial charge >= 0.3 is 0 Å². The summed E-state index contributed by atoms with van der Waals surface area (Å²) in [6.45, 7) is 12.2. The predicted octanol–water partition coefficient (Wildman–Crippen LogP) is 4.08.